The molecule has 120 valence electrons. The van der Waals surface area contributed by atoms with Gasteiger partial charge in [-0.2, -0.15) is 0 Å². The molecule has 0 unspecified atom stereocenters. The highest BCUT2D eigenvalue weighted by molar-refractivity contribution is 7.93. The molecule has 2 N–H and O–H groups in total. The lowest BCUT2D eigenvalue weighted by Crippen LogP contribution is -2.46. The minimum absolute atomic E-state index is 0.0743. The summed E-state index contributed by atoms with van der Waals surface area (Å²) in [6.07, 6.45) is 1.64. The van der Waals surface area contributed by atoms with E-state index in [0.717, 1.165) is 23.8 Å². The molecule has 1 aromatic rings. The lowest BCUT2D eigenvalue weighted by molar-refractivity contribution is 0.295. The van der Waals surface area contributed by atoms with Crippen molar-refractivity contribution >= 4 is 21.7 Å². The predicted octanol–water partition coefficient (Wildman–Crippen LogP) is 0.886. The van der Waals surface area contributed by atoms with Gasteiger partial charge in [0.15, 0.2) is 5.96 Å². The maximum absolute atomic E-state index is 14.2. The lowest BCUT2D eigenvalue weighted by atomic mass is 10.2. The zero-order valence-electron chi connectivity index (χ0n) is 12.2. The summed E-state index contributed by atoms with van der Waals surface area (Å²) in [6, 6.07) is 4.53. The first kappa shape index (κ1) is 15.1. The van der Waals surface area contributed by atoms with Gasteiger partial charge in [0.1, 0.15) is 5.82 Å². The number of hydrogen-bond acceptors (Lipinski definition) is 3. The Morgan fingerprint density at radius 1 is 1.27 bits per heavy atom. The Labute approximate surface area is 129 Å². The number of nitrogens with two attached hydrogens (primary N) is 1. The first-order valence-corrected chi connectivity index (χ1v) is 8.92. The zero-order chi connectivity index (χ0) is 15.7. The van der Waals surface area contributed by atoms with E-state index in [9.17, 15) is 12.8 Å². The van der Waals surface area contributed by atoms with Gasteiger partial charge in [0.25, 0.3) is 0 Å². The Kier molecular flexibility index (Phi) is 3.94. The highest BCUT2D eigenvalue weighted by Gasteiger charge is 2.30. The van der Waals surface area contributed by atoms with Crippen molar-refractivity contribution in [3.05, 3.63) is 29.6 Å². The lowest BCUT2D eigenvalue weighted by Gasteiger charge is -2.31. The molecule has 2 heterocycles. The molecule has 0 aliphatic carbocycles. The van der Waals surface area contributed by atoms with E-state index >= 15 is 0 Å². The van der Waals surface area contributed by atoms with Gasteiger partial charge in [0, 0.05) is 19.6 Å². The summed E-state index contributed by atoms with van der Waals surface area (Å²) in [4.78, 5) is 6.19. The van der Waals surface area contributed by atoms with Gasteiger partial charge < -0.3 is 10.6 Å². The third kappa shape index (κ3) is 2.87. The summed E-state index contributed by atoms with van der Waals surface area (Å²) in [6.45, 7) is 2.44. The molecule has 0 radical (unpaired) electrons. The highest BCUT2D eigenvalue weighted by atomic mass is 32.2. The largest absolute Gasteiger partial charge is 0.370 e. The minimum atomic E-state index is -3.37. The van der Waals surface area contributed by atoms with Crippen molar-refractivity contribution in [3.63, 3.8) is 0 Å². The van der Waals surface area contributed by atoms with Crippen LogP contribution in [0.15, 0.2) is 23.2 Å². The molecule has 0 atom stereocenters. The van der Waals surface area contributed by atoms with E-state index in [-0.39, 0.29) is 18.0 Å². The standard InChI is InChI=1S/C14H19FN4O2S/c15-12-9-11(10-17-14(16)18-5-1-6-18)3-4-13(12)19-7-2-8-22(19,20)21/h3-4,9H,1-2,5-8,10H2,(H2,16,17). The number of sulfonamides is 1. The fourth-order valence-electron chi connectivity index (χ4n) is 2.58. The number of aliphatic imine (C=N–C) groups is 1. The van der Waals surface area contributed by atoms with Crippen LogP contribution in [0.4, 0.5) is 10.1 Å². The van der Waals surface area contributed by atoms with Gasteiger partial charge >= 0.3 is 0 Å². The third-order valence-electron chi connectivity index (χ3n) is 3.98. The molecule has 0 amide bonds. The van der Waals surface area contributed by atoms with Crippen molar-refractivity contribution in [1.82, 2.24) is 4.90 Å². The van der Waals surface area contributed by atoms with E-state index in [4.69, 9.17) is 5.73 Å². The van der Waals surface area contributed by atoms with Crippen LogP contribution in [-0.4, -0.2) is 44.7 Å². The molecule has 2 aliphatic heterocycles. The van der Waals surface area contributed by atoms with Crippen LogP contribution in [0.25, 0.3) is 0 Å². The molecule has 0 bridgehead atoms. The number of halogens is 1. The SMILES string of the molecule is NC(=NCc1ccc(N2CCCS2(=O)=O)c(F)c1)N1CCC1. The molecule has 0 spiro atoms. The topological polar surface area (TPSA) is 79.0 Å². The number of anilines is 1. The zero-order valence-corrected chi connectivity index (χ0v) is 13.0. The number of rotatable bonds is 3. The number of benzene rings is 1. The van der Waals surface area contributed by atoms with E-state index in [1.165, 1.54) is 12.1 Å². The fraction of sp³-hybridized carbons (Fsp3) is 0.500. The maximum atomic E-state index is 14.2. The van der Waals surface area contributed by atoms with Crippen LogP contribution in [0.1, 0.15) is 18.4 Å². The van der Waals surface area contributed by atoms with Gasteiger partial charge in [0.05, 0.1) is 18.0 Å². The molecular weight excluding hydrogens is 307 g/mol. The Morgan fingerprint density at radius 2 is 2.05 bits per heavy atom. The van der Waals surface area contributed by atoms with E-state index in [2.05, 4.69) is 4.99 Å². The van der Waals surface area contributed by atoms with Gasteiger partial charge in [0.2, 0.25) is 10.0 Å². The van der Waals surface area contributed by atoms with Crippen molar-refractivity contribution in [2.24, 2.45) is 10.7 Å². The summed E-state index contributed by atoms with van der Waals surface area (Å²) < 4.78 is 39.0. The van der Waals surface area contributed by atoms with Crippen molar-refractivity contribution in [3.8, 4) is 0 Å². The number of hydrogen-bond donors (Lipinski definition) is 1. The molecule has 6 nitrogen and oxygen atoms in total. The Balaban J connectivity index is 1.75. The van der Waals surface area contributed by atoms with E-state index < -0.39 is 15.8 Å². The summed E-state index contributed by atoms with van der Waals surface area (Å²) >= 11 is 0. The summed E-state index contributed by atoms with van der Waals surface area (Å²) in [7, 11) is -3.37. The molecule has 0 aromatic heterocycles. The van der Waals surface area contributed by atoms with Crippen molar-refractivity contribution < 1.29 is 12.8 Å². The second kappa shape index (κ2) is 5.75. The smallest absolute Gasteiger partial charge is 0.235 e. The second-order valence-electron chi connectivity index (χ2n) is 5.54. The fourth-order valence-corrected chi connectivity index (χ4v) is 4.15. The Morgan fingerprint density at radius 3 is 2.59 bits per heavy atom. The molecule has 1 aromatic carbocycles. The third-order valence-corrected chi connectivity index (χ3v) is 5.84. The van der Waals surface area contributed by atoms with Gasteiger partial charge in [-0.05, 0) is 30.5 Å². The summed E-state index contributed by atoms with van der Waals surface area (Å²) in [5.41, 5.74) is 6.60. The second-order valence-corrected chi connectivity index (χ2v) is 7.56. The first-order chi connectivity index (χ1) is 10.5. The number of likely N-dealkylation sites (tertiary alicyclic amines) is 1. The normalized spacial score (nSPS) is 21.0. The van der Waals surface area contributed by atoms with Crippen LogP contribution >= 0.6 is 0 Å². The van der Waals surface area contributed by atoms with E-state index in [0.29, 0.717) is 24.5 Å². The number of guanidine groups is 1. The molecule has 3 rings (SSSR count). The van der Waals surface area contributed by atoms with Crippen LogP contribution in [0, 0.1) is 5.82 Å². The van der Waals surface area contributed by atoms with Crippen LogP contribution in [0.3, 0.4) is 0 Å². The first-order valence-electron chi connectivity index (χ1n) is 7.31. The minimum Gasteiger partial charge on any atom is -0.370 e. The van der Waals surface area contributed by atoms with Crippen LogP contribution in [0.5, 0.6) is 0 Å². The van der Waals surface area contributed by atoms with E-state index in [1.54, 1.807) is 6.07 Å². The molecule has 8 heteroatoms. The van der Waals surface area contributed by atoms with Crippen molar-refractivity contribution in [2.45, 2.75) is 19.4 Å². The highest BCUT2D eigenvalue weighted by Crippen LogP contribution is 2.27. The van der Waals surface area contributed by atoms with Gasteiger partial charge in [-0.25, -0.2) is 17.8 Å². The van der Waals surface area contributed by atoms with Gasteiger partial charge in [-0.1, -0.05) is 6.07 Å². The maximum Gasteiger partial charge on any atom is 0.235 e. The van der Waals surface area contributed by atoms with Crippen LogP contribution in [-0.2, 0) is 16.6 Å². The monoisotopic (exact) mass is 326 g/mol. The van der Waals surface area contributed by atoms with Gasteiger partial charge in [-0.3, -0.25) is 4.31 Å². The quantitative estimate of drug-likeness (QED) is 0.661. The molecule has 2 fully saturated rings. The molecular formula is C14H19FN4O2S. The molecule has 2 saturated heterocycles. The number of nitrogens with zero attached hydrogens (tertiary/aromatic N) is 3. The average molecular weight is 326 g/mol. The van der Waals surface area contributed by atoms with E-state index in [1.807, 2.05) is 4.90 Å². The van der Waals surface area contributed by atoms with Crippen LogP contribution < -0.4 is 10.0 Å². The molecule has 22 heavy (non-hydrogen) atoms. The van der Waals surface area contributed by atoms with Crippen LogP contribution in [0.2, 0.25) is 0 Å². The average Bonchev–Trinajstić information content (AvgIpc) is 2.74. The predicted molar refractivity (Wildman–Crippen MR) is 83.7 cm³/mol. The molecule has 0 saturated carbocycles. The van der Waals surface area contributed by atoms with Crippen molar-refractivity contribution in [1.29, 1.82) is 0 Å². The summed E-state index contributed by atoms with van der Waals surface area (Å²) in [5, 5.41) is 0. The molecule has 2 aliphatic rings. The van der Waals surface area contributed by atoms with Gasteiger partial charge in [-0.15, -0.1) is 0 Å². The van der Waals surface area contributed by atoms with Crippen molar-refractivity contribution in [2.75, 3.05) is 29.7 Å². The Bertz CT molecular complexity index is 701. The Hall–Kier alpha value is -1.83. The summed E-state index contributed by atoms with van der Waals surface area (Å²) in [5.74, 6) is 0.00347.